The van der Waals surface area contributed by atoms with E-state index in [4.69, 9.17) is 0 Å². The quantitative estimate of drug-likeness (QED) is 0.270. The van der Waals surface area contributed by atoms with Gasteiger partial charge in [-0.1, -0.05) is 109 Å². The van der Waals surface area contributed by atoms with Gasteiger partial charge in [-0.3, -0.25) is 0 Å². The summed E-state index contributed by atoms with van der Waals surface area (Å²) in [6.07, 6.45) is 0. The molecule has 0 aliphatic rings. The van der Waals surface area contributed by atoms with Gasteiger partial charge in [-0.25, -0.2) is 0 Å². The van der Waals surface area contributed by atoms with Crippen molar-refractivity contribution in [3.8, 4) is 11.8 Å². The molecule has 0 unspecified atom stereocenters. The lowest BCUT2D eigenvalue weighted by Crippen LogP contribution is -2.37. The van der Waals surface area contributed by atoms with E-state index in [1.54, 1.807) is 0 Å². The first kappa shape index (κ1) is 21.7. The minimum Gasteiger partial charge on any atom is -0.374 e. The summed E-state index contributed by atoms with van der Waals surface area (Å²) in [6.45, 7) is 7.09. The van der Waals surface area contributed by atoms with Crippen molar-refractivity contribution < 1.29 is 0 Å². The summed E-state index contributed by atoms with van der Waals surface area (Å²) in [7, 11) is -1.27. The molecule has 0 saturated heterocycles. The van der Waals surface area contributed by atoms with Crippen LogP contribution in [0.2, 0.25) is 19.6 Å². The Hall–Kier alpha value is -3.54. The molecule has 4 aromatic carbocycles. The zero-order valence-electron chi connectivity index (χ0n) is 19.0. The van der Waals surface area contributed by atoms with Gasteiger partial charge in [0.25, 0.3) is 0 Å². The molecule has 0 saturated carbocycles. The van der Waals surface area contributed by atoms with E-state index < -0.39 is 8.07 Å². The van der Waals surface area contributed by atoms with E-state index >= 15 is 0 Å². The topological polar surface area (TPSA) is 12.0 Å². The first-order valence-corrected chi connectivity index (χ1v) is 14.6. The van der Waals surface area contributed by atoms with Crippen LogP contribution in [0.25, 0.3) is 0 Å². The fourth-order valence-electron chi connectivity index (χ4n) is 3.66. The van der Waals surface area contributed by atoms with Gasteiger partial charge in [-0.2, -0.15) is 0 Å². The number of hydrogen-bond donors (Lipinski definition) is 1. The predicted molar refractivity (Wildman–Crippen MR) is 140 cm³/mol. The summed E-state index contributed by atoms with van der Waals surface area (Å²) in [6, 6.07) is 38.3. The van der Waals surface area contributed by atoms with Gasteiger partial charge in [-0.15, -0.1) is 0 Å². The summed E-state index contributed by atoms with van der Waals surface area (Å²) >= 11 is 0. The van der Waals surface area contributed by atoms with Gasteiger partial charge in [0.2, 0.25) is 0 Å². The maximum atomic E-state index is 3.69. The highest BCUT2D eigenvalue weighted by Crippen LogP contribution is 2.26. The molecule has 0 heterocycles. The lowest BCUT2D eigenvalue weighted by atomic mass is 9.98. The summed E-state index contributed by atoms with van der Waals surface area (Å²) in [5.74, 6) is 6.59. The van der Waals surface area contributed by atoms with E-state index in [0.717, 1.165) is 16.8 Å². The second kappa shape index (κ2) is 9.72. The Kier molecular flexibility index (Phi) is 6.59. The second-order valence-electron chi connectivity index (χ2n) is 9.05. The third kappa shape index (κ3) is 5.57. The molecule has 158 valence electrons. The van der Waals surface area contributed by atoms with E-state index in [2.05, 4.69) is 146 Å². The monoisotopic (exact) mass is 431 g/mol. The van der Waals surface area contributed by atoms with Crippen molar-refractivity contribution in [3.05, 3.63) is 131 Å². The number of benzene rings is 4. The molecule has 32 heavy (non-hydrogen) atoms. The Bertz CT molecular complexity index is 1150. The Labute approximate surface area is 193 Å². The van der Waals surface area contributed by atoms with Crippen molar-refractivity contribution >= 4 is 18.9 Å². The molecule has 4 aromatic rings. The summed E-state index contributed by atoms with van der Waals surface area (Å²) in [4.78, 5) is 0. The Morgan fingerprint density at radius 2 is 1.00 bits per heavy atom. The predicted octanol–water partition coefficient (Wildman–Crippen LogP) is 6.83. The fraction of sp³-hybridized carbons (Fsp3) is 0.133. The highest BCUT2D eigenvalue weighted by Gasteiger charge is 2.15. The smallest absolute Gasteiger partial charge is 0.0775 e. The van der Waals surface area contributed by atoms with Crippen molar-refractivity contribution in [1.29, 1.82) is 0 Å². The molecular formula is C30H29NSi. The highest BCUT2D eigenvalue weighted by molar-refractivity contribution is 6.88. The first-order valence-electron chi connectivity index (χ1n) is 11.1. The number of anilines is 1. The van der Waals surface area contributed by atoms with Crippen LogP contribution >= 0.6 is 0 Å². The minimum atomic E-state index is -1.27. The standard InChI is InChI=1S/C30H29NSi/c1-32(2,3)29-22-18-25(19-23-29)15-14-24-16-20-28(21-17-24)31-30(26-10-6-4-7-11-26)27-12-8-5-9-13-27/h4-13,16-23,30-31H,1-3H3. The summed E-state index contributed by atoms with van der Waals surface area (Å²) < 4.78 is 0. The fourth-order valence-corrected chi connectivity index (χ4v) is 4.83. The lowest BCUT2D eigenvalue weighted by molar-refractivity contribution is 0.939. The normalized spacial score (nSPS) is 11.0. The zero-order chi connectivity index (χ0) is 22.4. The maximum absolute atomic E-state index is 3.69. The van der Waals surface area contributed by atoms with Crippen molar-refractivity contribution in [1.82, 2.24) is 0 Å². The van der Waals surface area contributed by atoms with Crippen LogP contribution in [0.4, 0.5) is 5.69 Å². The van der Waals surface area contributed by atoms with Gasteiger partial charge in [0.1, 0.15) is 0 Å². The molecule has 0 aliphatic carbocycles. The first-order chi connectivity index (χ1) is 15.5. The molecule has 0 radical (unpaired) electrons. The van der Waals surface area contributed by atoms with E-state index in [1.807, 2.05) is 0 Å². The number of nitrogens with one attached hydrogen (secondary N) is 1. The molecule has 0 amide bonds. The van der Waals surface area contributed by atoms with Crippen LogP contribution in [0.5, 0.6) is 0 Å². The molecule has 0 fully saturated rings. The Morgan fingerprint density at radius 3 is 1.44 bits per heavy atom. The largest absolute Gasteiger partial charge is 0.374 e. The van der Waals surface area contributed by atoms with Crippen LogP contribution in [0, 0.1) is 11.8 Å². The van der Waals surface area contributed by atoms with Crippen LogP contribution in [0.15, 0.2) is 109 Å². The molecule has 0 aromatic heterocycles. The van der Waals surface area contributed by atoms with Crippen LogP contribution in [-0.2, 0) is 0 Å². The van der Waals surface area contributed by atoms with Gasteiger partial charge in [0.15, 0.2) is 0 Å². The van der Waals surface area contributed by atoms with Crippen LogP contribution in [-0.4, -0.2) is 8.07 Å². The third-order valence-electron chi connectivity index (χ3n) is 5.56. The van der Waals surface area contributed by atoms with Gasteiger partial charge in [0, 0.05) is 16.8 Å². The Balaban J connectivity index is 1.50. The van der Waals surface area contributed by atoms with E-state index in [-0.39, 0.29) is 6.04 Å². The minimum absolute atomic E-state index is 0.0965. The van der Waals surface area contributed by atoms with E-state index in [9.17, 15) is 0 Å². The average molecular weight is 432 g/mol. The van der Waals surface area contributed by atoms with E-state index in [1.165, 1.54) is 16.3 Å². The molecule has 1 N–H and O–H groups in total. The number of rotatable bonds is 5. The molecular weight excluding hydrogens is 402 g/mol. The molecule has 0 spiro atoms. The zero-order valence-corrected chi connectivity index (χ0v) is 20.0. The molecule has 0 aliphatic heterocycles. The van der Waals surface area contributed by atoms with Gasteiger partial charge in [0.05, 0.1) is 14.1 Å². The molecule has 4 rings (SSSR count). The van der Waals surface area contributed by atoms with Crippen molar-refractivity contribution in [3.63, 3.8) is 0 Å². The highest BCUT2D eigenvalue weighted by atomic mass is 28.3. The van der Waals surface area contributed by atoms with Crippen LogP contribution < -0.4 is 10.5 Å². The van der Waals surface area contributed by atoms with Gasteiger partial charge < -0.3 is 5.32 Å². The summed E-state index contributed by atoms with van der Waals surface area (Å²) in [5.41, 5.74) is 5.63. The van der Waals surface area contributed by atoms with E-state index in [0.29, 0.717) is 0 Å². The van der Waals surface area contributed by atoms with Gasteiger partial charge >= 0.3 is 0 Å². The second-order valence-corrected chi connectivity index (χ2v) is 14.1. The molecule has 0 bridgehead atoms. The molecule has 0 atom stereocenters. The Morgan fingerprint density at radius 1 is 0.562 bits per heavy atom. The molecule has 2 heteroatoms. The van der Waals surface area contributed by atoms with Crippen molar-refractivity contribution in [2.24, 2.45) is 0 Å². The average Bonchev–Trinajstić information content (AvgIpc) is 2.83. The van der Waals surface area contributed by atoms with Crippen molar-refractivity contribution in [2.75, 3.05) is 5.32 Å². The maximum Gasteiger partial charge on any atom is 0.0775 e. The number of hydrogen-bond acceptors (Lipinski definition) is 1. The molecule has 1 nitrogen and oxygen atoms in total. The van der Waals surface area contributed by atoms with Crippen molar-refractivity contribution in [2.45, 2.75) is 25.7 Å². The lowest BCUT2D eigenvalue weighted by Gasteiger charge is -2.21. The van der Waals surface area contributed by atoms with Crippen LogP contribution in [0.3, 0.4) is 0 Å². The van der Waals surface area contributed by atoms with Gasteiger partial charge in [-0.05, 0) is 47.5 Å². The van der Waals surface area contributed by atoms with Crippen LogP contribution in [0.1, 0.15) is 28.3 Å². The third-order valence-corrected chi connectivity index (χ3v) is 7.63. The SMILES string of the molecule is C[Si](C)(C)c1ccc(C#Cc2ccc(NC(c3ccccc3)c3ccccc3)cc2)cc1. The summed E-state index contributed by atoms with van der Waals surface area (Å²) in [5, 5.41) is 5.15.